The van der Waals surface area contributed by atoms with Gasteiger partial charge in [-0.1, -0.05) is 6.07 Å². The van der Waals surface area contributed by atoms with Crippen molar-refractivity contribution in [2.75, 3.05) is 18.1 Å². The first kappa shape index (κ1) is 13.4. The third-order valence-corrected chi connectivity index (χ3v) is 4.29. The molecule has 1 aliphatic heterocycles. The molecule has 0 aliphatic carbocycles. The molecule has 2 N–H and O–H groups in total. The first-order chi connectivity index (χ1) is 8.68. The summed E-state index contributed by atoms with van der Waals surface area (Å²) < 4.78 is 0. The molecule has 0 unspecified atom stereocenters. The van der Waals surface area contributed by atoms with Crippen molar-refractivity contribution in [1.29, 1.82) is 0 Å². The van der Waals surface area contributed by atoms with Crippen LogP contribution >= 0.6 is 11.8 Å². The Kier molecular flexibility index (Phi) is 4.60. The molecular formula is C13H18N2O2S. The highest BCUT2D eigenvalue weighted by Gasteiger charge is 2.31. The number of hydrogen-bond donors (Lipinski definition) is 2. The van der Waals surface area contributed by atoms with E-state index in [0.717, 1.165) is 23.5 Å². The molecular weight excluding hydrogens is 248 g/mol. The van der Waals surface area contributed by atoms with Gasteiger partial charge in [0.05, 0.1) is 5.60 Å². The van der Waals surface area contributed by atoms with Crippen molar-refractivity contribution < 1.29 is 9.90 Å². The Morgan fingerprint density at radius 1 is 1.61 bits per heavy atom. The molecule has 1 saturated heterocycles. The smallest absolute Gasteiger partial charge is 0.220 e. The topological polar surface area (TPSA) is 62.2 Å². The Labute approximate surface area is 111 Å². The third kappa shape index (κ3) is 3.99. The van der Waals surface area contributed by atoms with Crippen molar-refractivity contribution in [2.45, 2.75) is 24.9 Å². The van der Waals surface area contributed by atoms with E-state index in [9.17, 15) is 9.90 Å². The summed E-state index contributed by atoms with van der Waals surface area (Å²) in [7, 11) is 0. The fraction of sp³-hybridized carbons (Fsp3) is 0.538. The number of thioether (sulfide) groups is 1. The van der Waals surface area contributed by atoms with Gasteiger partial charge in [-0.3, -0.25) is 9.78 Å². The van der Waals surface area contributed by atoms with Gasteiger partial charge >= 0.3 is 0 Å². The summed E-state index contributed by atoms with van der Waals surface area (Å²) in [6, 6.07) is 3.83. The van der Waals surface area contributed by atoms with Gasteiger partial charge in [-0.15, -0.1) is 0 Å². The summed E-state index contributed by atoms with van der Waals surface area (Å²) in [5, 5.41) is 12.9. The molecule has 98 valence electrons. The summed E-state index contributed by atoms with van der Waals surface area (Å²) in [6.07, 6.45) is 5.38. The average molecular weight is 266 g/mol. The van der Waals surface area contributed by atoms with Crippen LogP contribution in [-0.4, -0.2) is 39.6 Å². The van der Waals surface area contributed by atoms with Crippen LogP contribution < -0.4 is 5.32 Å². The van der Waals surface area contributed by atoms with E-state index in [0.29, 0.717) is 19.4 Å². The van der Waals surface area contributed by atoms with Crippen molar-refractivity contribution in [1.82, 2.24) is 10.3 Å². The summed E-state index contributed by atoms with van der Waals surface area (Å²) in [5.74, 6) is 1.68. The minimum atomic E-state index is -0.700. The van der Waals surface area contributed by atoms with Gasteiger partial charge in [-0.05, 0) is 30.2 Å². The summed E-state index contributed by atoms with van der Waals surface area (Å²) in [5.41, 5.74) is 0.358. The number of aliphatic hydroxyl groups is 1. The number of aromatic nitrogens is 1. The molecule has 0 saturated carbocycles. The zero-order valence-corrected chi connectivity index (χ0v) is 11.1. The highest BCUT2D eigenvalue weighted by atomic mass is 32.2. The predicted molar refractivity (Wildman–Crippen MR) is 72.5 cm³/mol. The van der Waals surface area contributed by atoms with E-state index >= 15 is 0 Å². The minimum absolute atomic E-state index is 0.0100. The number of amides is 1. The summed E-state index contributed by atoms with van der Waals surface area (Å²) >= 11 is 1.73. The third-order valence-electron chi connectivity index (χ3n) is 3.06. The number of nitrogens with one attached hydrogen (secondary N) is 1. The number of pyridine rings is 1. The van der Waals surface area contributed by atoms with Crippen LogP contribution in [0.25, 0.3) is 0 Å². The molecule has 0 bridgehead atoms. The maximum Gasteiger partial charge on any atom is 0.220 e. The van der Waals surface area contributed by atoms with Gasteiger partial charge in [0, 0.05) is 31.1 Å². The number of carbonyl (C=O) groups is 1. The van der Waals surface area contributed by atoms with Crippen LogP contribution in [0.4, 0.5) is 0 Å². The van der Waals surface area contributed by atoms with Crippen molar-refractivity contribution >= 4 is 17.7 Å². The standard InChI is InChI=1S/C13H18N2O2S/c16-12(4-3-11-2-1-6-14-8-11)15-9-13(17)5-7-18-10-13/h1-2,6,8,17H,3-5,7,9-10H2,(H,15,16)/t13-/m0/s1. The molecule has 1 amide bonds. The molecule has 1 aromatic rings. The van der Waals surface area contributed by atoms with Crippen LogP contribution in [0.1, 0.15) is 18.4 Å². The average Bonchev–Trinajstić information content (AvgIpc) is 2.83. The van der Waals surface area contributed by atoms with Gasteiger partial charge in [-0.2, -0.15) is 11.8 Å². The fourth-order valence-corrected chi connectivity index (χ4v) is 3.19. The molecule has 0 radical (unpaired) electrons. The van der Waals surface area contributed by atoms with Crippen molar-refractivity contribution in [3.63, 3.8) is 0 Å². The maximum atomic E-state index is 11.7. The Hall–Kier alpha value is -1.07. The lowest BCUT2D eigenvalue weighted by molar-refractivity contribution is -0.122. The van der Waals surface area contributed by atoms with Crippen LogP contribution in [0.3, 0.4) is 0 Å². The molecule has 4 nitrogen and oxygen atoms in total. The van der Waals surface area contributed by atoms with Gasteiger partial charge in [0.25, 0.3) is 0 Å². The number of carbonyl (C=O) groups excluding carboxylic acids is 1. The molecule has 18 heavy (non-hydrogen) atoms. The molecule has 1 fully saturated rings. The Morgan fingerprint density at radius 3 is 3.17 bits per heavy atom. The Balaban J connectivity index is 1.69. The van der Waals surface area contributed by atoms with Crippen LogP contribution in [-0.2, 0) is 11.2 Å². The highest BCUT2D eigenvalue weighted by Crippen LogP contribution is 2.26. The van der Waals surface area contributed by atoms with Gasteiger partial charge in [0.1, 0.15) is 0 Å². The lowest BCUT2D eigenvalue weighted by Crippen LogP contribution is -2.43. The van der Waals surface area contributed by atoms with Gasteiger partial charge in [-0.25, -0.2) is 0 Å². The lowest BCUT2D eigenvalue weighted by atomic mass is 10.0. The van der Waals surface area contributed by atoms with E-state index in [-0.39, 0.29) is 5.91 Å². The zero-order chi connectivity index (χ0) is 12.8. The lowest BCUT2D eigenvalue weighted by Gasteiger charge is -2.21. The van der Waals surface area contributed by atoms with Gasteiger partial charge < -0.3 is 10.4 Å². The highest BCUT2D eigenvalue weighted by molar-refractivity contribution is 7.99. The van der Waals surface area contributed by atoms with E-state index in [2.05, 4.69) is 10.3 Å². The summed E-state index contributed by atoms with van der Waals surface area (Å²) in [4.78, 5) is 15.7. The van der Waals surface area contributed by atoms with Gasteiger partial charge in [0.15, 0.2) is 0 Å². The first-order valence-corrected chi connectivity index (χ1v) is 7.29. The second-order valence-electron chi connectivity index (χ2n) is 4.66. The van der Waals surface area contributed by atoms with E-state index in [1.54, 1.807) is 24.2 Å². The monoisotopic (exact) mass is 266 g/mol. The van der Waals surface area contributed by atoms with Crippen molar-refractivity contribution in [2.24, 2.45) is 0 Å². The van der Waals surface area contributed by atoms with Crippen LogP contribution in [0.2, 0.25) is 0 Å². The SMILES string of the molecule is O=C(CCc1cccnc1)NC[C@@]1(O)CCSC1. The molecule has 1 aromatic heterocycles. The fourth-order valence-electron chi connectivity index (χ4n) is 1.89. The van der Waals surface area contributed by atoms with Crippen molar-refractivity contribution in [3.05, 3.63) is 30.1 Å². The number of aryl methyl sites for hydroxylation is 1. The van der Waals surface area contributed by atoms with Crippen LogP contribution in [0.5, 0.6) is 0 Å². The Morgan fingerprint density at radius 2 is 2.50 bits per heavy atom. The van der Waals surface area contributed by atoms with Crippen LogP contribution in [0, 0.1) is 0 Å². The molecule has 1 atom stereocenters. The predicted octanol–water partition coefficient (Wildman–Crippen LogP) is 0.998. The Bertz CT molecular complexity index is 391. The first-order valence-electron chi connectivity index (χ1n) is 6.14. The van der Waals surface area contributed by atoms with Gasteiger partial charge in [0.2, 0.25) is 5.91 Å². The quantitative estimate of drug-likeness (QED) is 0.834. The minimum Gasteiger partial charge on any atom is -0.387 e. The van der Waals surface area contributed by atoms with E-state index in [4.69, 9.17) is 0 Å². The number of hydrogen-bond acceptors (Lipinski definition) is 4. The molecule has 0 spiro atoms. The zero-order valence-electron chi connectivity index (χ0n) is 10.3. The van der Waals surface area contributed by atoms with Crippen molar-refractivity contribution in [3.8, 4) is 0 Å². The molecule has 0 aromatic carbocycles. The van der Waals surface area contributed by atoms with E-state index in [1.807, 2.05) is 12.1 Å². The van der Waals surface area contributed by atoms with Crippen LogP contribution in [0.15, 0.2) is 24.5 Å². The number of rotatable bonds is 5. The van der Waals surface area contributed by atoms with E-state index in [1.165, 1.54) is 0 Å². The largest absolute Gasteiger partial charge is 0.387 e. The molecule has 2 heterocycles. The maximum absolute atomic E-state index is 11.7. The van der Waals surface area contributed by atoms with E-state index < -0.39 is 5.60 Å². The number of nitrogens with zero attached hydrogens (tertiary/aromatic N) is 1. The second-order valence-corrected chi connectivity index (χ2v) is 5.77. The summed E-state index contributed by atoms with van der Waals surface area (Å²) in [6.45, 7) is 0.367. The second kappa shape index (κ2) is 6.20. The molecule has 5 heteroatoms. The normalized spacial score (nSPS) is 22.9. The molecule has 1 aliphatic rings. The molecule has 2 rings (SSSR count).